The lowest BCUT2D eigenvalue weighted by molar-refractivity contribution is 0.518. The molecule has 0 aromatic carbocycles. The summed E-state index contributed by atoms with van der Waals surface area (Å²) in [7, 11) is 8.42. The van der Waals surface area contributed by atoms with E-state index in [4.69, 9.17) is 0 Å². The maximum atomic E-state index is 2.22. The van der Waals surface area contributed by atoms with Gasteiger partial charge in [-0.3, -0.25) is 0 Å². The average molecular weight is 154 g/mol. The topological polar surface area (TPSA) is 6.48 Å². The number of hydrogen-bond donors (Lipinski definition) is 0. The molecule has 64 valence electrons. The third-order valence-corrected chi connectivity index (χ3v) is 1.77. The Morgan fingerprint density at radius 3 is 1.82 bits per heavy atom. The molecule has 0 atom stereocenters. The molecule has 0 saturated heterocycles. The van der Waals surface area contributed by atoms with Gasteiger partial charge in [0.1, 0.15) is 0 Å². The molecule has 0 aliphatic rings. The van der Waals surface area contributed by atoms with E-state index in [0.29, 0.717) is 6.98 Å². The molecule has 0 N–H and O–H groups in total. The summed E-state index contributed by atoms with van der Waals surface area (Å²) in [5.74, 6) is 0. The number of allylic oxidation sites excluding steroid dienone is 2. The summed E-state index contributed by atoms with van der Waals surface area (Å²) in [5.41, 5.74) is 0. The summed E-state index contributed by atoms with van der Waals surface area (Å²) in [6.45, 7) is 2.58. The van der Waals surface area contributed by atoms with Crippen LogP contribution in [0.25, 0.3) is 0 Å². The highest BCUT2D eigenvalue weighted by Gasteiger charge is 2.17. The molecule has 0 saturated carbocycles. The van der Waals surface area contributed by atoms with Gasteiger partial charge >= 0.3 is 6.98 Å². The van der Waals surface area contributed by atoms with E-state index in [-0.39, 0.29) is 0 Å². The van der Waals surface area contributed by atoms with Gasteiger partial charge in [-0.15, -0.1) is 0 Å². The predicted octanol–water partition coefficient (Wildman–Crippen LogP) is 1.17. The summed E-state index contributed by atoms with van der Waals surface area (Å²) >= 11 is 0. The Hall–Kier alpha value is -0.275. The van der Waals surface area contributed by atoms with E-state index in [1.54, 1.807) is 0 Å². The zero-order chi connectivity index (χ0) is 8.85. The van der Waals surface area contributed by atoms with Gasteiger partial charge in [0.2, 0.25) is 0 Å². The maximum Gasteiger partial charge on any atom is 0.313 e. The summed E-state index contributed by atoms with van der Waals surface area (Å²) < 4.78 is 0. The summed E-state index contributed by atoms with van der Waals surface area (Å²) in [4.78, 5) is 4.44. The molecule has 0 spiro atoms. The van der Waals surface area contributed by atoms with E-state index >= 15 is 0 Å². The van der Waals surface area contributed by atoms with Crippen molar-refractivity contribution < 1.29 is 0 Å². The Balaban J connectivity index is 3.89. The molecule has 0 heterocycles. The van der Waals surface area contributed by atoms with E-state index in [2.05, 4.69) is 56.9 Å². The Kier molecular flexibility index (Phi) is 5.25. The summed E-state index contributed by atoms with van der Waals surface area (Å²) in [5, 5.41) is 0. The van der Waals surface area contributed by atoms with Crippen LogP contribution in [0.4, 0.5) is 0 Å². The first-order valence-electron chi connectivity index (χ1n) is 4.03. The molecule has 0 rings (SSSR count). The number of nitrogens with zero attached hydrogens (tertiary/aromatic N) is 2. The van der Waals surface area contributed by atoms with Gasteiger partial charge < -0.3 is 9.62 Å². The Morgan fingerprint density at radius 1 is 1.09 bits per heavy atom. The first-order chi connectivity index (χ1) is 5.09. The van der Waals surface area contributed by atoms with Crippen LogP contribution < -0.4 is 0 Å². The lowest BCUT2D eigenvalue weighted by Crippen LogP contribution is -2.44. The van der Waals surface area contributed by atoms with Crippen molar-refractivity contribution in [3.05, 3.63) is 12.2 Å². The highest BCUT2D eigenvalue weighted by atomic mass is 15.2. The van der Waals surface area contributed by atoms with Crippen LogP contribution in [0.5, 0.6) is 0 Å². The van der Waals surface area contributed by atoms with Crippen LogP contribution in [-0.4, -0.2) is 44.8 Å². The van der Waals surface area contributed by atoms with Crippen molar-refractivity contribution in [2.75, 3.05) is 28.2 Å². The lowest BCUT2D eigenvalue weighted by atomic mass is 9.69. The molecule has 0 aromatic heterocycles. The van der Waals surface area contributed by atoms with Gasteiger partial charge in [-0.1, -0.05) is 12.2 Å². The van der Waals surface area contributed by atoms with Gasteiger partial charge in [-0.25, -0.2) is 0 Å². The third-order valence-electron chi connectivity index (χ3n) is 1.77. The number of rotatable bonds is 4. The standard InChI is InChI=1S/C8H19BN2/c1-6-7-8-9(10(2)3)11(4)5/h6-7H,8H2,1-5H3. The van der Waals surface area contributed by atoms with E-state index in [1.807, 2.05) is 0 Å². The smallest absolute Gasteiger partial charge is 0.313 e. The van der Waals surface area contributed by atoms with Crippen LogP contribution >= 0.6 is 0 Å². The lowest BCUT2D eigenvalue weighted by Gasteiger charge is -2.25. The van der Waals surface area contributed by atoms with Gasteiger partial charge in [0.05, 0.1) is 0 Å². The second-order valence-electron chi connectivity index (χ2n) is 3.21. The third kappa shape index (κ3) is 4.22. The maximum absolute atomic E-state index is 2.22. The minimum Gasteiger partial charge on any atom is -0.334 e. The first-order valence-corrected chi connectivity index (χ1v) is 4.03. The van der Waals surface area contributed by atoms with Crippen LogP contribution in [-0.2, 0) is 0 Å². The van der Waals surface area contributed by atoms with Crippen LogP contribution in [0.3, 0.4) is 0 Å². The Bertz CT molecular complexity index is 113. The van der Waals surface area contributed by atoms with Gasteiger partial charge in [0.25, 0.3) is 0 Å². The normalized spacial score (nSPS) is 11.9. The van der Waals surface area contributed by atoms with Crippen LogP contribution in [0.1, 0.15) is 6.92 Å². The predicted molar refractivity (Wildman–Crippen MR) is 52.7 cm³/mol. The monoisotopic (exact) mass is 154 g/mol. The van der Waals surface area contributed by atoms with Gasteiger partial charge in [-0.05, 0) is 41.4 Å². The summed E-state index contributed by atoms with van der Waals surface area (Å²) in [6, 6.07) is 0. The van der Waals surface area contributed by atoms with Crippen molar-refractivity contribution in [1.29, 1.82) is 0 Å². The Morgan fingerprint density at radius 2 is 1.55 bits per heavy atom. The highest BCUT2D eigenvalue weighted by Crippen LogP contribution is 1.99. The van der Waals surface area contributed by atoms with Crippen molar-refractivity contribution in [3.63, 3.8) is 0 Å². The molecule has 0 amide bonds. The van der Waals surface area contributed by atoms with E-state index in [9.17, 15) is 0 Å². The zero-order valence-electron chi connectivity index (χ0n) is 8.33. The molecule has 3 heteroatoms. The molecule has 11 heavy (non-hydrogen) atoms. The van der Waals surface area contributed by atoms with Crippen LogP contribution in [0.2, 0.25) is 6.32 Å². The fourth-order valence-electron chi connectivity index (χ4n) is 1.14. The van der Waals surface area contributed by atoms with Crippen LogP contribution in [0, 0.1) is 0 Å². The average Bonchev–Trinajstić information content (AvgIpc) is 1.87. The quantitative estimate of drug-likeness (QED) is 0.443. The molecule has 0 bridgehead atoms. The van der Waals surface area contributed by atoms with Crippen molar-refractivity contribution >= 4 is 6.98 Å². The molecule has 0 radical (unpaired) electrons. The fourth-order valence-corrected chi connectivity index (χ4v) is 1.14. The molecule has 0 aliphatic heterocycles. The molecular formula is C8H19BN2. The second kappa shape index (κ2) is 5.39. The second-order valence-corrected chi connectivity index (χ2v) is 3.21. The molecule has 0 fully saturated rings. The molecule has 0 aliphatic carbocycles. The Labute approximate surface area is 71.0 Å². The highest BCUT2D eigenvalue weighted by molar-refractivity contribution is 6.52. The largest absolute Gasteiger partial charge is 0.334 e. The van der Waals surface area contributed by atoms with Gasteiger partial charge in [0.15, 0.2) is 0 Å². The minimum atomic E-state index is 0.520. The van der Waals surface area contributed by atoms with Crippen molar-refractivity contribution in [3.8, 4) is 0 Å². The fraction of sp³-hybridized carbons (Fsp3) is 0.750. The SMILES string of the molecule is CC=CCB(N(C)C)N(C)C. The van der Waals surface area contributed by atoms with E-state index in [0.717, 1.165) is 6.32 Å². The van der Waals surface area contributed by atoms with Crippen molar-refractivity contribution in [2.24, 2.45) is 0 Å². The van der Waals surface area contributed by atoms with E-state index in [1.165, 1.54) is 0 Å². The number of hydrogen-bond acceptors (Lipinski definition) is 2. The molecule has 2 nitrogen and oxygen atoms in total. The summed E-state index contributed by atoms with van der Waals surface area (Å²) in [6.07, 6.45) is 5.39. The zero-order valence-corrected chi connectivity index (χ0v) is 8.33. The molecule has 0 aromatic rings. The van der Waals surface area contributed by atoms with Crippen molar-refractivity contribution in [2.45, 2.75) is 13.2 Å². The first kappa shape index (κ1) is 10.7. The van der Waals surface area contributed by atoms with Crippen molar-refractivity contribution in [1.82, 2.24) is 9.62 Å². The molecular weight excluding hydrogens is 135 g/mol. The van der Waals surface area contributed by atoms with Crippen LogP contribution in [0.15, 0.2) is 12.2 Å². The van der Waals surface area contributed by atoms with Gasteiger partial charge in [0, 0.05) is 0 Å². The molecule has 0 unspecified atom stereocenters. The minimum absolute atomic E-state index is 0.520. The van der Waals surface area contributed by atoms with E-state index < -0.39 is 0 Å². The van der Waals surface area contributed by atoms with Gasteiger partial charge in [-0.2, -0.15) is 0 Å².